The van der Waals surface area contributed by atoms with E-state index < -0.39 is 22.5 Å². The molecule has 4 fully saturated rings. The Labute approximate surface area is 203 Å². The molecule has 0 spiro atoms. The predicted octanol–water partition coefficient (Wildman–Crippen LogP) is 4.82. The topological polar surface area (TPSA) is 103 Å². The molecule has 182 valence electrons. The monoisotopic (exact) mass is 487 g/mol. The zero-order valence-corrected chi connectivity index (χ0v) is 20.2. The van der Waals surface area contributed by atoms with Gasteiger partial charge in [-0.3, -0.25) is 9.59 Å². The molecule has 0 amide bonds. The summed E-state index contributed by atoms with van der Waals surface area (Å²) < 4.78 is 12.8. The van der Waals surface area contributed by atoms with E-state index >= 15 is 0 Å². The predicted molar refractivity (Wildman–Crippen MR) is 128 cm³/mol. The fourth-order valence-corrected chi connectivity index (χ4v) is 7.04. The summed E-state index contributed by atoms with van der Waals surface area (Å²) in [6, 6.07) is 5.43. The number of benzene rings is 1. The van der Waals surface area contributed by atoms with Crippen molar-refractivity contribution in [3.63, 3.8) is 0 Å². The van der Waals surface area contributed by atoms with Gasteiger partial charge in [-0.05, 0) is 76.3 Å². The highest BCUT2D eigenvalue weighted by molar-refractivity contribution is 6.33. The van der Waals surface area contributed by atoms with Crippen LogP contribution in [0.15, 0.2) is 29.2 Å². The molecule has 1 aromatic carbocycles. The first kappa shape index (κ1) is 23.0. The van der Waals surface area contributed by atoms with E-state index in [9.17, 15) is 14.7 Å². The Morgan fingerprint density at radius 3 is 2.53 bits per heavy atom. The van der Waals surface area contributed by atoms with Gasteiger partial charge in [-0.2, -0.15) is 5.10 Å². The van der Waals surface area contributed by atoms with Gasteiger partial charge in [-0.15, -0.1) is 0 Å². The lowest BCUT2D eigenvalue weighted by Crippen LogP contribution is -2.61. The molecule has 34 heavy (non-hydrogen) atoms. The highest BCUT2D eigenvalue weighted by Gasteiger charge is 2.62. The number of nitrogens with zero attached hydrogens (tertiary/aromatic N) is 2. The molecule has 6 rings (SSSR count). The molecular weight excluding hydrogens is 458 g/mol. The van der Waals surface area contributed by atoms with Crippen LogP contribution in [0, 0.1) is 17.3 Å². The van der Waals surface area contributed by atoms with Gasteiger partial charge in [0.05, 0.1) is 41.7 Å². The average Bonchev–Trinajstić information content (AvgIpc) is 2.78. The molecule has 0 radical (unpaired) electrons. The van der Waals surface area contributed by atoms with Gasteiger partial charge in [-0.1, -0.05) is 11.6 Å². The van der Waals surface area contributed by atoms with E-state index in [-0.39, 0.29) is 5.02 Å². The van der Waals surface area contributed by atoms with E-state index in [2.05, 4.69) is 10.4 Å². The summed E-state index contributed by atoms with van der Waals surface area (Å²) in [6.07, 6.45) is 5.97. The Hall–Kier alpha value is -2.74. The molecule has 4 bridgehead atoms. The number of carbonyl (C=O) groups is 1. The molecule has 1 heterocycles. The van der Waals surface area contributed by atoms with E-state index in [1.54, 1.807) is 18.3 Å². The molecule has 2 N–H and O–H groups in total. The maximum atomic E-state index is 13.5. The number of hydrogen-bond donors (Lipinski definition) is 2. The number of carboxylic acid groups (broad SMARTS) is 1. The number of ether oxygens (including phenoxy) is 2. The Bertz CT molecular complexity index is 1170. The molecular formula is C25H30ClN3O5. The fraction of sp³-hybridized carbons (Fsp3) is 0.560. The second-order valence-electron chi connectivity index (χ2n) is 10.0. The Kier molecular flexibility index (Phi) is 5.74. The summed E-state index contributed by atoms with van der Waals surface area (Å²) in [4.78, 5) is 25.7. The minimum Gasteiger partial charge on any atom is -0.494 e. The van der Waals surface area contributed by atoms with Crippen LogP contribution in [0.25, 0.3) is 0 Å². The van der Waals surface area contributed by atoms with Crippen LogP contribution in [0.4, 0.5) is 11.4 Å². The third-order valence-corrected chi connectivity index (χ3v) is 8.05. The fourth-order valence-electron chi connectivity index (χ4n) is 6.86. The lowest BCUT2D eigenvalue weighted by Gasteiger charge is -2.60. The maximum Gasteiger partial charge on any atom is 0.309 e. The number of aromatic nitrogens is 2. The van der Waals surface area contributed by atoms with Crippen molar-refractivity contribution in [1.82, 2.24) is 9.78 Å². The molecule has 4 aliphatic carbocycles. The molecule has 2 atom stereocenters. The quantitative estimate of drug-likeness (QED) is 0.550. The largest absolute Gasteiger partial charge is 0.494 e. The van der Waals surface area contributed by atoms with E-state index in [0.29, 0.717) is 67.2 Å². The first-order valence-corrected chi connectivity index (χ1v) is 12.4. The van der Waals surface area contributed by atoms with Gasteiger partial charge in [0.15, 0.2) is 0 Å². The van der Waals surface area contributed by atoms with Crippen molar-refractivity contribution in [2.75, 3.05) is 18.5 Å². The minimum atomic E-state index is -0.763. The third kappa shape index (κ3) is 3.72. The van der Waals surface area contributed by atoms with Crippen molar-refractivity contribution in [3.05, 3.63) is 39.8 Å². The standard InChI is InChI=1S/C25H30ClN3O5/c1-3-33-17-5-6-20(34-4-2)18(8-17)28-19-13-27-29(22(30)21(19)26)25-11-15-7-16(12-25)10-24(9-15,14-25)23(31)32/h5-6,8,13,15-16,28H,3-4,7,9-12,14H2,1-2H3,(H,31,32). The summed E-state index contributed by atoms with van der Waals surface area (Å²) in [5, 5.41) is 17.8. The number of anilines is 2. The van der Waals surface area contributed by atoms with Crippen molar-refractivity contribution >= 4 is 28.9 Å². The summed E-state index contributed by atoms with van der Waals surface area (Å²) >= 11 is 6.59. The molecule has 2 unspecified atom stereocenters. The Balaban J connectivity index is 1.50. The van der Waals surface area contributed by atoms with Crippen LogP contribution in [-0.4, -0.2) is 34.1 Å². The number of carboxylic acids is 1. The smallest absolute Gasteiger partial charge is 0.309 e. The van der Waals surface area contributed by atoms with E-state index in [0.717, 1.165) is 19.3 Å². The number of nitrogens with one attached hydrogen (secondary N) is 1. The van der Waals surface area contributed by atoms with Crippen LogP contribution in [-0.2, 0) is 10.3 Å². The van der Waals surface area contributed by atoms with Crippen molar-refractivity contribution in [2.24, 2.45) is 17.3 Å². The van der Waals surface area contributed by atoms with Crippen LogP contribution >= 0.6 is 11.6 Å². The average molecular weight is 488 g/mol. The van der Waals surface area contributed by atoms with E-state index in [4.69, 9.17) is 21.1 Å². The van der Waals surface area contributed by atoms with Crippen LogP contribution in [0.5, 0.6) is 11.5 Å². The lowest BCUT2D eigenvalue weighted by molar-refractivity contribution is -0.173. The zero-order chi connectivity index (χ0) is 24.1. The first-order valence-electron chi connectivity index (χ1n) is 12.0. The number of halogens is 1. The Morgan fingerprint density at radius 2 is 1.88 bits per heavy atom. The molecule has 4 saturated carbocycles. The number of rotatable bonds is 8. The third-order valence-electron chi connectivity index (χ3n) is 7.68. The van der Waals surface area contributed by atoms with Gasteiger partial charge in [0.2, 0.25) is 0 Å². The SMILES string of the molecule is CCOc1ccc(OCC)c(Nc2cnn(C34CC5CC(CC(C(=O)O)(C5)C3)C4)c(=O)c2Cl)c1. The number of aliphatic carboxylic acids is 1. The molecule has 1 aromatic heterocycles. The molecule has 9 heteroatoms. The summed E-state index contributed by atoms with van der Waals surface area (Å²) in [5.74, 6) is 1.13. The minimum absolute atomic E-state index is 0.0272. The van der Waals surface area contributed by atoms with Gasteiger partial charge < -0.3 is 19.9 Å². The summed E-state index contributed by atoms with van der Waals surface area (Å²) in [7, 11) is 0. The first-order chi connectivity index (χ1) is 16.3. The van der Waals surface area contributed by atoms with Crippen LogP contribution in [0.1, 0.15) is 52.4 Å². The van der Waals surface area contributed by atoms with Crippen LogP contribution in [0.3, 0.4) is 0 Å². The molecule has 0 saturated heterocycles. The van der Waals surface area contributed by atoms with Gasteiger partial charge in [0.1, 0.15) is 16.5 Å². The van der Waals surface area contributed by atoms with Crippen molar-refractivity contribution < 1.29 is 19.4 Å². The van der Waals surface area contributed by atoms with Gasteiger partial charge in [0.25, 0.3) is 5.56 Å². The summed E-state index contributed by atoms with van der Waals surface area (Å²) in [6.45, 7) is 4.80. The highest BCUT2D eigenvalue weighted by Crippen LogP contribution is 2.64. The van der Waals surface area contributed by atoms with Crippen molar-refractivity contribution in [2.45, 2.75) is 57.9 Å². The normalized spacial score (nSPS) is 29.1. The second-order valence-corrected chi connectivity index (χ2v) is 10.4. The molecule has 0 aliphatic heterocycles. The molecule has 4 aliphatic rings. The van der Waals surface area contributed by atoms with Crippen molar-refractivity contribution in [3.8, 4) is 11.5 Å². The van der Waals surface area contributed by atoms with Crippen LogP contribution < -0.4 is 20.3 Å². The zero-order valence-electron chi connectivity index (χ0n) is 19.5. The second kappa shape index (κ2) is 8.48. The molecule has 2 aromatic rings. The van der Waals surface area contributed by atoms with Gasteiger partial charge in [0, 0.05) is 6.07 Å². The molecule has 8 nitrogen and oxygen atoms in total. The summed E-state index contributed by atoms with van der Waals surface area (Å²) in [5.41, 5.74) is -0.759. The van der Waals surface area contributed by atoms with E-state index in [1.165, 1.54) is 4.68 Å². The van der Waals surface area contributed by atoms with Gasteiger partial charge >= 0.3 is 5.97 Å². The van der Waals surface area contributed by atoms with Crippen molar-refractivity contribution in [1.29, 1.82) is 0 Å². The van der Waals surface area contributed by atoms with Crippen LogP contribution in [0.2, 0.25) is 5.02 Å². The Morgan fingerprint density at radius 1 is 1.18 bits per heavy atom. The maximum absolute atomic E-state index is 13.5. The lowest BCUT2D eigenvalue weighted by atomic mass is 9.47. The van der Waals surface area contributed by atoms with Gasteiger partial charge in [-0.25, -0.2) is 4.68 Å². The highest BCUT2D eigenvalue weighted by atomic mass is 35.5. The van der Waals surface area contributed by atoms with E-state index in [1.807, 2.05) is 19.9 Å². The number of hydrogen-bond acceptors (Lipinski definition) is 6.